The number of rotatable bonds is 14. The number of carbonyl (C=O) groups excluding carboxylic acids is 1. The van der Waals surface area contributed by atoms with Crippen molar-refractivity contribution in [3.05, 3.63) is 54.1 Å². The predicted molar refractivity (Wildman–Crippen MR) is 159 cm³/mol. The van der Waals surface area contributed by atoms with Crippen LogP contribution in [-0.4, -0.2) is 95.8 Å². The molecule has 2 N–H and O–H groups in total. The predicted octanol–water partition coefficient (Wildman–Crippen LogP) is 3.03. The van der Waals surface area contributed by atoms with E-state index in [2.05, 4.69) is 9.50 Å². The average molecular weight is 711 g/mol. The number of fused-ring (bicyclic) bond motifs is 1. The van der Waals surface area contributed by atoms with Gasteiger partial charge in [-0.1, -0.05) is 26.0 Å². The van der Waals surface area contributed by atoms with Crippen LogP contribution in [0.1, 0.15) is 25.8 Å². The molecule has 0 aromatic heterocycles. The molecule has 0 unspecified atom stereocenters. The molecule has 2 fully saturated rings. The summed E-state index contributed by atoms with van der Waals surface area (Å²) in [5.74, 6) is -0.506. The maximum atomic E-state index is 13.7. The van der Waals surface area contributed by atoms with Crippen LogP contribution < -0.4 is 14.2 Å². The van der Waals surface area contributed by atoms with Gasteiger partial charge in [0.05, 0.1) is 43.3 Å². The summed E-state index contributed by atoms with van der Waals surface area (Å²) in [6.45, 7) is 3.69. The fourth-order valence-corrected chi connectivity index (χ4v) is 7.25. The molecule has 2 aromatic rings. The van der Waals surface area contributed by atoms with Crippen molar-refractivity contribution >= 4 is 26.2 Å². The van der Waals surface area contributed by atoms with Gasteiger partial charge in [-0.15, -0.1) is 0 Å². The minimum atomic E-state index is -5.90. The quantitative estimate of drug-likeness (QED) is 0.219. The van der Waals surface area contributed by atoms with Crippen molar-refractivity contribution < 1.29 is 63.0 Å². The van der Waals surface area contributed by atoms with Crippen molar-refractivity contribution in [1.82, 2.24) is 9.62 Å². The summed E-state index contributed by atoms with van der Waals surface area (Å²) in [7, 11) is -8.60. The van der Waals surface area contributed by atoms with Crippen LogP contribution in [0.25, 0.3) is 0 Å². The molecule has 2 aliphatic heterocycles. The number of halogens is 3. The Bertz CT molecular complexity index is 1570. The van der Waals surface area contributed by atoms with Gasteiger partial charge < -0.3 is 33.6 Å². The second-order valence-corrected chi connectivity index (χ2v) is 15.0. The Morgan fingerprint density at radius 2 is 1.66 bits per heavy atom. The largest absolute Gasteiger partial charge is 0.534 e. The van der Waals surface area contributed by atoms with Gasteiger partial charge in [-0.05, 0) is 60.7 Å². The van der Waals surface area contributed by atoms with Crippen molar-refractivity contribution in [2.75, 3.05) is 33.4 Å². The lowest BCUT2D eigenvalue weighted by atomic mass is 10.0. The summed E-state index contributed by atoms with van der Waals surface area (Å²) in [5.41, 5.74) is -5.29. The Balaban J connectivity index is 1.55. The average Bonchev–Trinajstić information content (AvgIpc) is 3.61. The van der Waals surface area contributed by atoms with E-state index in [1.807, 2.05) is 0 Å². The molecule has 2 saturated heterocycles. The highest BCUT2D eigenvalue weighted by atomic mass is 32.2. The van der Waals surface area contributed by atoms with E-state index < -0.39 is 68.6 Å². The normalized spacial score (nSPS) is 21.3. The van der Waals surface area contributed by atoms with Crippen LogP contribution in [0.5, 0.6) is 11.5 Å². The first-order chi connectivity index (χ1) is 22.0. The Morgan fingerprint density at radius 1 is 1.02 bits per heavy atom. The molecule has 2 aliphatic rings. The number of methoxy groups -OCH3 is 1. The highest BCUT2D eigenvalue weighted by Crippen LogP contribution is 2.33. The van der Waals surface area contributed by atoms with Crippen molar-refractivity contribution in [2.24, 2.45) is 11.8 Å². The van der Waals surface area contributed by atoms with Gasteiger partial charge in [-0.25, -0.2) is 13.2 Å². The monoisotopic (exact) mass is 710 g/mol. The zero-order valence-electron chi connectivity index (χ0n) is 25.8. The number of ether oxygens (including phenoxy) is 4. The van der Waals surface area contributed by atoms with Crippen molar-refractivity contribution in [3.63, 3.8) is 0 Å². The second kappa shape index (κ2) is 14.9. The third-order valence-electron chi connectivity index (χ3n) is 7.54. The lowest BCUT2D eigenvalue weighted by Gasteiger charge is -2.31. The van der Waals surface area contributed by atoms with Crippen LogP contribution in [0, 0.1) is 11.8 Å². The SMILES string of the molecule is COc1ccc(S(=O)(=O)N(CC(C)C)C[C@@H](O)[C@H](Cc2ccc(OS(=O)(=O)C(F)(F)F)cc2)NC(=O)O[C@H]2CO[C@H]3OCC[C@H]32)cc1. The van der Waals surface area contributed by atoms with Crippen molar-refractivity contribution in [2.45, 2.75) is 61.6 Å². The first-order valence-corrected chi connectivity index (χ1v) is 17.5. The number of aliphatic hydroxyl groups excluding tert-OH is 1. The van der Waals surface area contributed by atoms with E-state index in [1.165, 1.54) is 43.5 Å². The van der Waals surface area contributed by atoms with E-state index in [0.29, 0.717) is 24.3 Å². The smallest absolute Gasteiger partial charge is 0.497 e. The van der Waals surface area contributed by atoms with Crippen LogP contribution in [-0.2, 0) is 40.8 Å². The number of alkyl carbamates (subject to hydrolysis) is 1. The summed E-state index contributed by atoms with van der Waals surface area (Å²) in [5, 5.41) is 14.0. The highest BCUT2D eigenvalue weighted by Gasteiger charge is 2.48. The molecule has 5 atom stereocenters. The molecule has 0 aliphatic carbocycles. The summed E-state index contributed by atoms with van der Waals surface area (Å²) < 4.78 is 115. The number of nitrogens with zero attached hydrogens (tertiary/aromatic N) is 1. The standard InChI is InChI=1S/C29H37F3N2O11S2/c1-18(2)15-34(46(37,38)22-10-8-20(41-3)9-11-22)16-25(35)24(33-28(36)44-26-17-43-27-23(26)12-13-42-27)14-19-4-6-21(7-5-19)45-47(39,40)29(30,31)32/h4-11,18,23-27,35H,12-17H2,1-3H3,(H,33,36)/t23-,24-,25+,26-,27+/m0/s1. The van der Waals surface area contributed by atoms with Gasteiger partial charge in [0.2, 0.25) is 10.0 Å². The highest BCUT2D eigenvalue weighted by molar-refractivity contribution is 7.89. The third kappa shape index (κ3) is 9.26. The number of sulfonamides is 1. The van der Waals surface area contributed by atoms with Crippen LogP contribution in [0.4, 0.5) is 18.0 Å². The number of nitrogens with one attached hydrogen (secondary N) is 1. The van der Waals surface area contributed by atoms with E-state index in [0.717, 1.165) is 16.4 Å². The Morgan fingerprint density at radius 3 is 2.26 bits per heavy atom. The maximum absolute atomic E-state index is 13.7. The summed E-state index contributed by atoms with van der Waals surface area (Å²) in [6.07, 6.45) is -3.10. The molecule has 18 heteroatoms. The Kier molecular flexibility index (Phi) is 11.7. The number of amides is 1. The van der Waals surface area contributed by atoms with Crippen LogP contribution >= 0.6 is 0 Å². The lowest BCUT2D eigenvalue weighted by molar-refractivity contribution is -0.0907. The van der Waals surface area contributed by atoms with E-state index in [4.69, 9.17) is 18.9 Å². The van der Waals surface area contributed by atoms with E-state index in [-0.39, 0.29) is 36.3 Å². The van der Waals surface area contributed by atoms with E-state index in [9.17, 15) is 39.9 Å². The van der Waals surface area contributed by atoms with Crippen LogP contribution in [0.15, 0.2) is 53.4 Å². The molecule has 2 aromatic carbocycles. The molecule has 1 amide bonds. The molecule has 13 nitrogen and oxygen atoms in total. The van der Waals surface area contributed by atoms with E-state index >= 15 is 0 Å². The van der Waals surface area contributed by atoms with Gasteiger partial charge in [0.15, 0.2) is 6.29 Å². The molecular weight excluding hydrogens is 673 g/mol. The molecule has 0 radical (unpaired) electrons. The van der Waals surface area contributed by atoms with E-state index in [1.54, 1.807) is 13.8 Å². The van der Waals surface area contributed by atoms with Gasteiger partial charge in [0.25, 0.3) is 0 Å². The summed E-state index contributed by atoms with van der Waals surface area (Å²) in [6, 6.07) is 8.99. The fourth-order valence-electron chi connectivity index (χ4n) is 5.17. The molecule has 0 saturated carbocycles. The summed E-state index contributed by atoms with van der Waals surface area (Å²) in [4.78, 5) is 13.0. The van der Waals surface area contributed by atoms with Gasteiger partial charge in [-0.2, -0.15) is 25.9 Å². The number of carbonyl (C=O) groups is 1. The number of alkyl halides is 3. The summed E-state index contributed by atoms with van der Waals surface area (Å²) >= 11 is 0. The number of hydrogen-bond donors (Lipinski definition) is 2. The van der Waals surface area contributed by atoms with Gasteiger partial charge in [0, 0.05) is 13.1 Å². The topological polar surface area (TPSA) is 167 Å². The number of hydrogen-bond acceptors (Lipinski definition) is 11. The minimum Gasteiger partial charge on any atom is -0.497 e. The Hall–Kier alpha value is -3.16. The molecule has 2 heterocycles. The second-order valence-electron chi connectivity index (χ2n) is 11.5. The minimum absolute atomic E-state index is 0.0186. The molecule has 0 bridgehead atoms. The molecule has 4 rings (SSSR count). The van der Waals surface area contributed by atoms with Gasteiger partial charge in [-0.3, -0.25) is 0 Å². The molecule has 0 spiro atoms. The first kappa shape index (κ1) is 36.7. The van der Waals surface area contributed by atoms with Crippen molar-refractivity contribution in [1.29, 1.82) is 0 Å². The van der Waals surface area contributed by atoms with Gasteiger partial charge in [0.1, 0.15) is 17.6 Å². The molecule has 262 valence electrons. The zero-order chi connectivity index (χ0) is 34.6. The Labute approximate surface area is 271 Å². The zero-order valence-corrected chi connectivity index (χ0v) is 27.4. The third-order valence-corrected chi connectivity index (χ3v) is 10.4. The van der Waals surface area contributed by atoms with Crippen LogP contribution in [0.3, 0.4) is 0 Å². The first-order valence-electron chi connectivity index (χ1n) is 14.6. The molecular formula is C29H37F3N2O11S2. The van der Waals surface area contributed by atoms with Crippen molar-refractivity contribution in [3.8, 4) is 11.5 Å². The fraction of sp³-hybridized carbons (Fsp3) is 0.552. The lowest BCUT2D eigenvalue weighted by Crippen LogP contribution is -2.51. The van der Waals surface area contributed by atoms with Gasteiger partial charge >= 0.3 is 21.7 Å². The number of aliphatic hydroxyl groups is 1. The number of benzene rings is 2. The maximum Gasteiger partial charge on any atom is 0.534 e. The molecule has 47 heavy (non-hydrogen) atoms. The van der Waals surface area contributed by atoms with Crippen LogP contribution in [0.2, 0.25) is 0 Å².